The fraction of sp³-hybridized carbons (Fsp3) is 0.714. The third kappa shape index (κ3) is 2.69. The van der Waals surface area contributed by atoms with E-state index in [-0.39, 0.29) is 24.8 Å². The van der Waals surface area contributed by atoms with Crippen molar-refractivity contribution >= 4 is 5.91 Å². The molecule has 1 heterocycles. The number of nitrogens with zero attached hydrogens (tertiary/aromatic N) is 2. The number of carbonyl (C=O) groups excluding carboxylic acids is 1. The van der Waals surface area contributed by atoms with Crippen molar-refractivity contribution in [2.45, 2.75) is 64.3 Å². The van der Waals surface area contributed by atoms with Crippen molar-refractivity contribution in [2.24, 2.45) is 5.73 Å². The SMILES string of the molecule is Cc1nc(C2CCC(F)(F)CC2)c(C(N)=O)n1C(C)C. The molecule has 20 heavy (non-hydrogen) atoms. The number of hydrogen-bond acceptors (Lipinski definition) is 2. The lowest BCUT2D eigenvalue weighted by atomic mass is 9.84. The third-order valence-corrected chi connectivity index (χ3v) is 3.97. The van der Waals surface area contributed by atoms with Gasteiger partial charge in [0, 0.05) is 24.8 Å². The highest BCUT2D eigenvalue weighted by molar-refractivity contribution is 5.92. The number of aryl methyl sites for hydroxylation is 1. The zero-order valence-corrected chi connectivity index (χ0v) is 12.1. The molecular formula is C14H21F2N3O. The first kappa shape index (κ1) is 14.9. The molecule has 1 amide bonds. The number of halogens is 2. The number of alkyl halides is 2. The molecule has 0 saturated heterocycles. The topological polar surface area (TPSA) is 60.9 Å². The van der Waals surface area contributed by atoms with Crippen molar-refractivity contribution in [3.05, 3.63) is 17.2 Å². The number of primary amides is 1. The molecule has 1 aliphatic carbocycles. The maximum Gasteiger partial charge on any atom is 0.267 e. The second-order valence-corrected chi connectivity index (χ2v) is 5.85. The minimum atomic E-state index is -2.58. The molecule has 112 valence electrons. The number of imidazole rings is 1. The number of aromatic nitrogens is 2. The minimum Gasteiger partial charge on any atom is -0.364 e. The smallest absolute Gasteiger partial charge is 0.267 e. The van der Waals surface area contributed by atoms with Gasteiger partial charge in [-0.05, 0) is 33.6 Å². The summed E-state index contributed by atoms with van der Waals surface area (Å²) in [6.07, 6.45) is 0.399. The predicted octanol–water partition coefficient (Wildman–Crippen LogP) is 3.16. The maximum absolute atomic E-state index is 13.2. The molecule has 0 unspecified atom stereocenters. The summed E-state index contributed by atoms with van der Waals surface area (Å²) in [5.74, 6) is -2.51. The van der Waals surface area contributed by atoms with Crippen LogP contribution < -0.4 is 5.73 Å². The van der Waals surface area contributed by atoms with Crippen LogP contribution in [0.3, 0.4) is 0 Å². The van der Waals surface area contributed by atoms with Gasteiger partial charge in [0.25, 0.3) is 5.91 Å². The molecule has 0 bridgehead atoms. The molecule has 1 fully saturated rings. The first-order valence-electron chi connectivity index (χ1n) is 6.99. The van der Waals surface area contributed by atoms with E-state index in [9.17, 15) is 13.6 Å². The highest BCUT2D eigenvalue weighted by atomic mass is 19.3. The van der Waals surface area contributed by atoms with Gasteiger partial charge in [0.15, 0.2) is 0 Å². The summed E-state index contributed by atoms with van der Waals surface area (Å²) in [6, 6.07) is 0.0591. The van der Waals surface area contributed by atoms with Crippen molar-refractivity contribution < 1.29 is 13.6 Å². The van der Waals surface area contributed by atoms with Gasteiger partial charge in [-0.3, -0.25) is 4.79 Å². The van der Waals surface area contributed by atoms with Crippen molar-refractivity contribution in [1.82, 2.24) is 9.55 Å². The van der Waals surface area contributed by atoms with Crippen LogP contribution in [-0.2, 0) is 0 Å². The molecule has 1 saturated carbocycles. The van der Waals surface area contributed by atoms with Gasteiger partial charge in [0.2, 0.25) is 5.92 Å². The van der Waals surface area contributed by atoms with E-state index in [0.29, 0.717) is 30.1 Å². The summed E-state index contributed by atoms with van der Waals surface area (Å²) in [6.45, 7) is 5.70. The second kappa shape index (κ2) is 5.14. The van der Waals surface area contributed by atoms with Gasteiger partial charge < -0.3 is 10.3 Å². The molecule has 1 aromatic heterocycles. The van der Waals surface area contributed by atoms with Gasteiger partial charge in [-0.25, -0.2) is 13.8 Å². The monoisotopic (exact) mass is 285 g/mol. The Labute approximate surface area is 117 Å². The average molecular weight is 285 g/mol. The molecular weight excluding hydrogens is 264 g/mol. The van der Waals surface area contributed by atoms with Gasteiger partial charge in [0.1, 0.15) is 11.5 Å². The van der Waals surface area contributed by atoms with E-state index in [1.807, 2.05) is 20.8 Å². The molecule has 4 nitrogen and oxygen atoms in total. The van der Waals surface area contributed by atoms with E-state index in [4.69, 9.17) is 5.73 Å². The maximum atomic E-state index is 13.2. The summed E-state index contributed by atoms with van der Waals surface area (Å²) in [5, 5.41) is 0. The molecule has 0 aromatic carbocycles. The van der Waals surface area contributed by atoms with Crippen molar-refractivity contribution in [3.63, 3.8) is 0 Å². The molecule has 1 aliphatic rings. The third-order valence-electron chi connectivity index (χ3n) is 3.97. The van der Waals surface area contributed by atoms with Crippen molar-refractivity contribution in [3.8, 4) is 0 Å². The zero-order chi connectivity index (χ0) is 15.1. The predicted molar refractivity (Wildman–Crippen MR) is 72.0 cm³/mol. The van der Waals surface area contributed by atoms with E-state index in [1.165, 1.54) is 0 Å². The van der Waals surface area contributed by atoms with Crippen LogP contribution >= 0.6 is 0 Å². The summed E-state index contributed by atoms with van der Waals surface area (Å²) < 4.78 is 28.3. The van der Waals surface area contributed by atoms with E-state index in [0.717, 1.165) is 0 Å². The van der Waals surface area contributed by atoms with Crippen LogP contribution in [0.5, 0.6) is 0 Å². The Morgan fingerprint density at radius 2 is 1.95 bits per heavy atom. The molecule has 0 radical (unpaired) electrons. The lowest BCUT2D eigenvalue weighted by molar-refractivity contribution is -0.0384. The Morgan fingerprint density at radius 3 is 2.40 bits per heavy atom. The lowest BCUT2D eigenvalue weighted by Crippen LogP contribution is -2.26. The molecule has 1 aromatic rings. The highest BCUT2D eigenvalue weighted by Crippen LogP contribution is 2.41. The number of nitrogens with two attached hydrogens (primary N) is 1. The van der Waals surface area contributed by atoms with Crippen molar-refractivity contribution in [1.29, 1.82) is 0 Å². The lowest BCUT2D eigenvalue weighted by Gasteiger charge is -2.27. The standard InChI is InChI=1S/C14H21F2N3O/c1-8(2)19-9(3)18-11(12(19)13(17)20)10-4-6-14(15,16)7-5-10/h8,10H,4-7H2,1-3H3,(H2,17,20). The van der Waals surface area contributed by atoms with E-state index in [2.05, 4.69) is 4.98 Å². The van der Waals surface area contributed by atoms with Gasteiger partial charge in [-0.15, -0.1) is 0 Å². The molecule has 0 aliphatic heterocycles. The van der Waals surface area contributed by atoms with E-state index >= 15 is 0 Å². The fourth-order valence-electron chi connectivity index (χ4n) is 3.04. The van der Waals surface area contributed by atoms with Crippen LogP contribution in [0.2, 0.25) is 0 Å². The first-order valence-corrected chi connectivity index (χ1v) is 6.99. The highest BCUT2D eigenvalue weighted by Gasteiger charge is 2.38. The van der Waals surface area contributed by atoms with Crippen LogP contribution in [0.25, 0.3) is 0 Å². The van der Waals surface area contributed by atoms with Gasteiger partial charge >= 0.3 is 0 Å². The number of hydrogen-bond donors (Lipinski definition) is 1. The van der Waals surface area contributed by atoms with E-state index < -0.39 is 11.8 Å². The number of amides is 1. The molecule has 2 rings (SSSR count). The van der Waals surface area contributed by atoms with Crippen LogP contribution in [0.1, 0.15) is 73.5 Å². The first-order chi connectivity index (χ1) is 9.23. The van der Waals surface area contributed by atoms with Crippen LogP contribution in [0, 0.1) is 6.92 Å². The van der Waals surface area contributed by atoms with Crippen LogP contribution in [0.4, 0.5) is 8.78 Å². The Balaban J connectivity index is 2.38. The zero-order valence-electron chi connectivity index (χ0n) is 12.1. The summed E-state index contributed by atoms with van der Waals surface area (Å²) in [5.41, 5.74) is 6.46. The summed E-state index contributed by atoms with van der Waals surface area (Å²) in [7, 11) is 0. The molecule has 2 N–H and O–H groups in total. The van der Waals surface area contributed by atoms with Gasteiger partial charge in [-0.2, -0.15) is 0 Å². The molecule has 6 heteroatoms. The van der Waals surface area contributed by atoms with Crippen LogP contribution in [-0.4, -0.2) is 21.4 Å². The number of carbonyl (C=O) groups is 1. The Hall–Kier alpha value is -1.46. The normalized spacial score (nSPS) is 19.5. The minimum absolute atomic E-state index is 0.0591. The van der Waals surface area contributed by atoms with Gasteiger partial charge in [0.05, 0.1) is 5.69 Å². The van der Waals surface area contributed by atoms with E-state index in [1.54, 1.807) is 4.57 Å². The second-order valence-electron chi connectivity index (χ2n) is 5.85. The number of rotatable bonds is 3. The Bertz CT molecular complexity index is 513. The largest absolute Gasteiger partial charge is 0.364 e. The van der Waals surface area contributed by atoms with Gasteiger partial charge in [-0.1, -0.05) is 0 Å². The van der Waals surface area contributed by atoms with Crippen LogP contribution in [0.15, 0.2) is 0 Å². The fourth-order valence-corrected chi connectivity index (χ4v) is 3.04. The summed E-state index contributed by atoms with van der Waals surface area (Å²) >= 11 is 0. The molecule has 0 spiro atoms. The Kier molecular flexibility index (Phi) is 3.84. The quantitative estimate of drug-likeness (QED) is 0.927. The Morgan fingerprint density at radius 1 is 1.40 bits per heavy atom. The molecule has 0 atom stereocenters. The average Bonchev–Trinajstić information content (AvgIpc) is 2.66. The summed E-state index contributed by atoms with van der Waals surface area (Å²) in [4.78, 5) is 16.2. The van der Waals surface area contributed by atoms with Crippen molar-refractivity contribution in [2.75, 3.05) is 0 Å².